The van der Waals surface area contributed by atoms with Gasteiger partial charge >= 0.3 is 12.1 Å². The van der Waals surface area contributed by atoms with Gasteiger partial charge in [-0.3, -0.25) is 24.0 Å². The van der Waals surface area contributed by atoms with Gasteiger partial charge in [-0.2, -0.15) is 5.10 Å². The minimum absolute atomic E-state index is 0.0299. The number of aromatic nitrogens is 2. The number of piperazine rings is 1. The van der Waals surface area contributed by atoms with Crippen molar-refractivity contribution in [1.29, 1.82) is 0 Å². The van der Waals surface area contributed by atoms with Crippen molar-refractivity contribution in [3.63, 3.8) is 0 Å². The summed E-state index contributed by atoms with van der Waals surface area (Å²) in [6.07, 6.45) is 6.47. The highest BCUT2D eigenvalue weighted by Crippen LogP contribution is 2.25. The van der Waals surface area contributed by atoms with Crippen LogP contribution in [0, 0.1) is 0 Å². The Morgan fingerprint density at radius 3 is 2.25 bits per heavy atom. The zero-order valence-corrected chi connectivity index (χ0v) is 29.2. The van der Waals surface area contributed by atoms with Gasteiger partial charge in [0, 0.05) is 51.3 Å². The summed E-state index contributed by atoms with van der Waals surface area (Å²) >= 11 is 0. The molecule has 52 heavy (non-hydrogen) atoms. The molecule has 0 unspecified atom stereocenters. The zero-order valence-electron chi connectivity index (χ0n) is 29.2. The van der Waals surface area contributed by atoms with E-state index in [0.29, 0.717) is 25.1 Å². The van der Waals surface area contributed by atoms with Crippen molar-refractivity contribution in [1.82, 2.24) is 35.1 Å². The van der Waals surface area contributed by atoms with Gasteiger partial charge in [0.1, 0.15) is 18.2 Å². The maximum absolute atomic E-state index is 13.8. The molecule has 2 aliphatic heterocycles. The Labute approximate surface area is 301 Å². The van der Waals surface area contributed by atoms with Crippen LogP contribution in [0.1, 0.15) is 81.1 Å². The highest BCUT2D eigenvalue weighted by molar-refractivity contribution is 5.96. The van der Waals surface area contributed by atoms with Crippen LogP contribution in [-0.2, 0) is 23.9 Å². The van der Waals surface area contributed by atoms with Crippen LogP contribution in [0.4, 0.5) is 4.79 Å². The standard InChI is InChI=1S/C36H47N7O9/c44-30(42-17-7-14-29(42)34(47)37-24-8-6-9-24)23-51-31-22-28(39-43(31)25-10-2-1-3-11-25)33(46)38-27(15-16-32(45)52-26-12-4-5-13-26)35(48)40-18-20-41(21-19-40)36(49)50/h1-3,10-11,22,24,26-27,29H,4-9,12-21,23H2,(H,37,47)(H,38,46)(H,49,50)/t27-,29-/m0/s1. The number of carbonyl (C=O) groups is 6. The second kappa shape index (κ2) is 16.9. The number of ether oxygens (including phenoxy) is 2. The number of likely N-dealkylation sites (tertiary alicyclic amines) is 1. The fraction of sp³-hybridized carbons (Fsp3) is 0.583. The van der Waals surface area contributed by atoms with E-state index in [-0.39, 0.29) is 81.2 Å². The van der Waals surface area contributed by atoms with Crippen molar-refractivity contribution >= 4 is 35.7 Å². The maximum Gasteiger partial charge on any atom is 0.407 e. The number of nitrogens with zero attached hydrogens (tertiary/aromatic N) is 5. The van der Waals surface area contributed by atoms with Gasteiger partial charge < -0.3 is 39.9 Å². The first-order valence-electron chi connectivity index (χ1n) is 18.3. The molecule has 3 heterocycles. The molecule has 0 radical (unpaired) electrons. The predicted octanol–water partition coefficient (Wildman–Crippen LogP) is 2.10. The molecule has 280 valence electrons. The minimum atomic E-state index is -1.12. The molecule has 0 bridgehead atoms. The number of nitrogens with one attached hydrogen (secondary N) is 2. The fourth-order valence-corrected chi connectivity index (χ4v) is 7.08. The quantitative estimate of drug-likeness (QED) is 0.258. The lowest BCUT2D eigenvalue weighted by Gasteiger charge is -2.35. The number of esters is 1. The Morgan fingerprint density at radius 1 is 0.865 bits per heavy atom. The summed E-state index contributed by atoms with van der Waals surface area (Å²) in [7, 11) is 0. The third kappa shape index (κ3) is 9.01. The Kier molecular flexibility index (Phi) is 11.9. The topological polar surface area (TPSA) is 193 Å². The smallest absolute Gasteiger partial charge is 0.407 e. The van der Waals surface area contributed by atoms with Crippen molar-refractivity contribution in [3.8, 4) is 11.6 Å². The number of rotatable bonds is 13. The maximum atomic E-state index is 13.8. The molecule has 16 nitrogen and oxygen atoms in total. The number of carboxylic acid groups (broad SMARTS) is 1. The third-order valence-electron chi connectivity index (χ3n) is 10.3. The van der Waals surface area contributed by atoms with E-state index in [1.54, 1.807) is 24.3 Å². The Morgan fingerprint density at radius 2 is 1.58 bits per heavy atom. The normalized spacial score (nSPS) is 19.8. The first-order chi connectivity index (χ1) is 25.2. The largest absolute Gasteiger partial charge is 0.467 e. The molecule has 3 N–H and O–H groups in total. The second-order valence-corrected chi connectivity index (χ2v) is 13.8. The number of hydrogen-bond donors (Lipinski definition) is 3. The molecule has 4 aliphatic rings. The lowest BCUT2D eigenvalue weighted by molar-refractivity contribution is -0.149. The number of hydrogen-bond acceptors (Lipinski definition) is 9. The van der Waals surface area contributed by atoms with Crippen LogP contribution in [0.5, 0.6) is 5.88 Å². The molecule has 4 fully saturated rings. The Bertz CT molecular complexity index is 1610. The van der Waals surface area contributed by atoms with Crippen molar-refractivity contribution in [2.24, 2.45) is 0 Å². The Hall–Kier alpha value is -5.15. The van der Waals surface area contributed by atoms with Gasteiger partial charge in [-0.05, 0) is 76.3 Å². The van der Waals surface area contributed by atoms with E-state index in [1.165, 1.54) is 25.4 Å². The fourth-order valence-electron chi connectivity index (χ4n) is 7.08. The van der Waals surface area contributed by atoms with Crippen LogP contribution in [0.15, 0.2) is 36.4 Å². The summed E-state index contributed by atoms with van der Waals surface area (Å²) in [4.78, 5) is 82.1. The molecule has 5 amide bonds. The van der Waals surface area contributed by atoms with Crippen LogP contribution in [-0.4, -0.2) is 129 Å². The van der Waals surface area contributed by atoms with Crippen LogP contribution >= 0.6 is 0 Å². The SMILES string of the molecule is O=C(CC[C@H](NC(=O)c1cc(OCC(=O)N2CCC[C@H]2C(=O)NC2CCC2)n(-c2ccccc2)n1)C(=O)N1CCN(C(=O)O)CC1)OC1CCCC1. The average Bonchev–Trinajstić information content (AvgIpc) is 3.92. The lowest BCUT2D eigenvalue weighted by atomic mass is 9.93. The van der Waals surface area contributed by atoms with Crippen LogP contribution < -0.4 is 15.4 Å². The van der Waals surface area contributed by atoms with Gasteiger partial charge in [-0.25, -0.2) is 9.48 Å². The molecule has 2 aromatic rings. The lowest BCUT2D eigenvalue weighted by Crippen LogP contribution is -2.55. The third-order valence-corrected chi connectivity index (χ3v) is 10.3. The molecule has 16 heteroatoms. The molecule has 6 rings (SSSR count). The van der Waals surface area contributed by atoms with Gasteiger partial charge in [0.25, 0.3) is 11.8 Å². The number of benzene rings is 1. The van der Waals surface area contributed by atoms with E-state index in [0.717, 1.165) is 44.9 Å². The Balaban J connectivity index is 1.15. The van der Waals surface area contributed by atoms with Crippen LogP contribution in [0.3, 0.4) is 0 Å². The predicted molar refractivity (Wildman–Crippen MR) is 185 cm³/mol. The molecular formula is C36H47N7O9. The van der Waals surface area contributed by atoms with E-state index >= 15 is 0 Å². The summed E-state index contributed by atoms with van der Waals surface area (Å²) in [6, 6.07) is 8.75. The van der Waals surface area contributed by atoms with Crippen molar-refractivity contribution in [3.05, 3.63) is 42.1 Å². The first-order valence-corrected chi connectivity index (χ1v) is 18.3. The van der Waals surface area contributed by atoms with Gasteiger partial charge in [-0.15, -0.1) is 0 Å². The summed E-state index contributed by atoms with van der Waals surface area (Å²) in [5.41, 5.74) is 0.466. The molecular weight excluding hydrogens is 674 g/mol. The molecule has 0 spiro atoms. The van der Waals surface area contributed by atoms with Gasteiger partial charge in [0.2, 0.25) is 17.7 Å². The average molecular weight is 722 g/mol. The number of para-hydroxylation sites is 1. The highest BCUT2D eigenvalue weighted by atomic mass is 16.5. The molecule has 2 atom stereocenters. The molecule has 2 saturated heterocycles. The van der Waals surface area contributed by atoms with Crippen molar-refractivity contribution in [2.45, 2.75) is 94.9 Å². The molecule has 1 aromatic heterocycles. The number of carbonyl (C=O) groups excluding carboxylic acids is 5. The number of amides is 5. The van der Waals surface area contributed by atoms with E-state index in [4.69, 9.17) is 9.47 Å². The van der Waals surface area contributed by atoms with E-state index in [9.17, 15) is 33.9 Å². The zero-order chi connectivity index (χ0) is 36.6. The van der Waals surface area contributed by atoms with E-state index in [1.807, 2.05) is 6.07 Å². The monoisotopic (exact) mass is 721 g/mol. The molecule has 2 aliphatic carbocycles. The summed E-state index contributed by atoms with van der Waals surface area (Å²) in [5.74, 6) is -2.01. The van der Waals surface area contributed by atoms with Crippen LogP contribution in [0.25, 0.3) is 5.69 Å². The highest BCUT2D eigenvalue weighted by Gasteiger charge is 2.36. The summed E-state index contributed by atoms with van der Waals surface area (Å²) in [5, 5.41) is 19.6. The van der Waals surface area contributed by atoms with Crippen molar-refractivity contribution in [2.75, 3.05) is 39.3 Å². The first kappa shape index (κ1) is 36.6. The summed E-state index contributed by atoms with van der Waals surface area (Å²) < 4.78 is 12.9. The molecule has 2 saturated carbocycles. The van der Waals surface area contributed by atoms with Gasteiger partial charge in [0.05, 0.1) is 5.69 Å². The minimum Gasteiger partial charge on any atom is -0.467 e. The van der Waals surface area contributed by atoms with Crippen molar-refractivity contribution < 1.29 is 43.3 Å². The van der Waals surface area contributed by atoms with Gasteiger partial charge in [-0.1, -0.05) is 18.2 Å². The second-order valence-electron chi connectivity index (χ2n) is 13.8. The summed E-state index contributed by atoms with van der Waals surface area (Å²) in [6.45, 7) is 0.563. The van der Waals surface area contributed by atoms with Crippen LogP contribution in [0.2, 0.25) is 0 Å². The van der Waals surface area contributed by atoms with E-state index in [2.05, 4.69) is 15.7 Å². The molecule has 1 aromatic carbocycles. The van der Waals surface area contributed by atoms with Gasteiger partial charge in [0.15, 0.2) is 12.3 Å². The van der Waals surface area contributed by atoms with E-state index < -0.39 is 36.0 Å².